The molecule has 2 fully saturated rings. The van der Waals surface area contributed by atoms with E-state index in [9.17, 15) is 38.4 Å². The number of carbonyl (C=O) groups is 10. The van der Waals surface area contributed by atoms with Gasteiger partial charge in [0.25, 0.3) is 5.91 Å². The summed E-state index contributed by atoms with van der Waals surface area (Å²) in [5.41, 5.74) is 13.1. The van der Waals surface area contributed by atoms with Crippen molar-refractivity contribution in [3.05, 3.63) is 138 Å². The molecule has 2 heterocycles. The lowest BCUT2D eigenvalue weighted by Crippen LogP contribution is -2.64. The Morgan fingerprint density at radius 2 is 1.35 bits per heavy atom. The van der Waals surface area contributed by atoms with Gasteiger partial charge in [-0.2, -0.15) is 0 Å². The average molecular weight is 1500 g/mol. The van der Waals surface area contributed by atoms with E-state index in [2.05, 4.69) is 22.5 Å². The number of fused-ring (bicyclic) bond motifs is 3. The lowest BCUT2D eigenvalue weighted by molar-refractivity contribution is -0.922. The summed E-state index contributed by atoms with van der Waals surface area (Å²) < 4.78 is 58.1. The highest BCUT2D eigenvalue weighted by atomic mass is 16.7. The molecule has 27 heteroatoms. The van der Waals surface area contributed by atoms with Gasteiger partial charge in [-0.15, -0.1) is 0 Å². The number of likely N-dealkylation sites (tertiary alicyclic amines) is 1. The second kappa shape index (κ2) is 39.7. The van der Waals surface area contributed by atoms with Crippen LogP contribution in [0.25, 0.3) is 11.1 Å². The van der Waals surface area contributed by atoms with Crippen LogP contribution in [0.15, 0.2) is 110 Å². The molecule has 3 aliphatic rings. The van der Waals surface area contributed by atoms with Crippen LogP contribution in [-0.2, 0) is 98.7 Å². The first kappa shape index (κ1) is 86.0. The van der Waals surface area contributed by atoms with Crippen molar-refractivity contribution in [2.24, 2.45) is 29.4 Å². The van der Waals surface area contributed by atoms with E-state index in [1.165, 1.54) is 20.3 Å². The summed E-state index contributed by atoms with van der Waals surface area (Å²) in [5, 5.41) is 8.87. The minimum Gasteiger partial charge on any atom is -0.467 e. The van der Waals surface area contributed by atoms with Crippen LogP contribution in [0.1, 0.15) is 141 Å². The summed E-state index contributed by atoms with van der Waals surface area (Å²) >= 11 is 0. The zero-order chi connectivity index (χ0) is 79.4. The molecule has 590 valence electrons. The van der Waals surface area contributed by atoms with Gasteiger partial charge in [-0.3, -0.25) is 33.6 Å². The fourth-order valence-corrected chi connectivity index (χ4v) is 15.4. The van der Waals surface area contributed by atoms with Crippen molar-refractivity contribution in [3.8, 4) is 16.9 Å². The highest BCUT2D eigenvalue weighted by Gasteiger charge is 2.56. The third kappa shape index (κ3) is 21.8. The summed E-state index contributed by atoms with van der Waals surface area (Å²) in [7, 11) is 9.49. The largest absolute Gasteiger partial charge is 0.467 e. The van der Waals surface area contributed by atoms with Gasteiger partial charge >= 0.3 is 35.9 Å². The van der Waals surface area contributed by atoms with Crippen LogP contribution in [0, 0.1) is 23.7 Å². The zero-order valence-electron chi connectivity index (χ0n) is 65.3. The highest BCUT2D eigenvalue weighted by Crippen LogP contribution is 2.45. The third-order valence-corrected chi connectivity index (χ3v) is 20.6. The Bertz CT molecular complexity index is 3730. The molecular weight excluding hydrogens is 1390 g/mol. The molecule has 27 nitrogen and oxygen atoms in total. The van der Waals surface area contributed by atoms with E-state index in [1.807, 2.05) is 135 Å². The van der Waals surface area contributed by atoms with Crippen molar-refractivity contribution in [2.75, 3.05) is 68.8 Å². The first-order valence-corrected chi connectivity index (χ1v) is 37.1. The number of nitrogens with one attached hydrogen (secondary N) is 3. The molecule has 0 bridgehead atoms. The summed E-state index contributed by atoms with van der Waals surface area (Å²) in [5.74, 6) is -7.80. The van der Waals surface area contributed by atoms with Crippen LogP contribution in [0.5, 0.6) is 5.75 Å². The Morgan fingerprint density at radius 1 is 0.741 bits per heavy atom. The highest BCUT2D eigenvalue weighted by molar-refractivity contribution is 5.90. The van der Waals surface area contributed by atoms with E-state index in [-0.39, 0.29) is 79.5 Å². The molecule has 15 atom stereocenters. The van der Waals surface area contributed by atoms with E-state index in [4.69, 9.17) is 53.1 Å². The number of rotatable bonds is 37. The van der Waals surface area contributed by atoms with Gasteiger partial charge < -0.3 is 83.3 Å². The quantitative estimate of drug-likeness (QED) is 0.0145. The Morgan fingerprint density at radius 3 is 1.93 bits per heavy atom. The summed E-state index contributed by atoms with van der Waals surface area (Å²) in [6, 6.07) is 25.2. The SMILES string of the molecule is C=CCOC(=O)[C@H](Cc1ccccc1)NC(=O)[C@H](C)[C@@H](OC)[C@@H]1CCCN1C(=O)C[C@@H](OC)[C@H]([C@@H](C)CC)N(C)C(=O)[C@@H](NC(=O)[C@H](C(C)C)[N+](C)(C)Cc1ccc(O[C@@H]2O[C@H](C(=O)OC)[C@@H](OC(C)=O)[C@H](OC(C)=O)[C@H]2OC(C)=O)c(C(N)CCNC(=O)OCC2c3ccccc3-c3ccccc32)c1)C(C)C. The smallest absolute Gasteiger partial charge is 0.407 e. The first-order chi connectivity index (χ1) is 51.3. The van der Waals surface area contributed by atoms with Gasteiger partial charge in [-0.05, 0) is 77.1 Å². The first-order valence-electron chi connectivity index (χ1n) is 37.1. The van der Waals surface area contributed by atoms with Crippen molar-refractivity contribution < 1.29 is 99.8 Å². The molecule has 1 aliphatic carbocycles. The Labute approximate surface area is 634 Å². The normalized spacial score (nSPS) is 20.1. The van der Waals surface area contributed by atoms with Crippen molar-refractivity contribution in [1.29, 1.82) is 0 Å². The fourth-order valence-electron chi connectivity index (χ4n) is 15.4. The molecule has 5 amide bonds. The topological polar surface area (TPSA) is 332 Å². The Kier molecular flexibility index (Phi) is 31.6. The maximum Gasteiger partial charge on any atom is 0.407 e. The standard InChI is InChI=1S/C81H111N7O20/c1-18-40-102-78(96)62(42-53-28-21-20-22-29-53)84-75(93)49(8)70(100-16)63-34-27-39-87(63)66(92)43-65(99-15)68(48(7)19-2)86(12)77(95)67(46(3)4)85-76(94)69(47(5)6)88(13,14)44-54-35-36-64(107-80-74(106-52(11)91)72(105-51(10)90)71(104-50(9)89)73(108-80)79(97)101-17)59(41-54)61(82)37-38-83-81(98)103-45-60-57-32-25-23-30-55(57)56-31-24-26-33-58(56)60/h18,20-26,28-33,35-36,41,46-49,60-63,65,67-74,80H,1,19,27,34,37-40,42-45,82H2,2-17H3,(H2-,83,84,85,93,94,98)/p+1/t48-,49+,61?,62-,63-,65+,67-,68-,69-,70+,71-,72-,73-,74+,80+/m0/s1. The lowest BCUT2D eigenvalue weighted by atomic mass is 9.89. The van der Waals surface area contributed by atoms with Gasteiger partial charge in [0.2, 0.25) is 30.1 Å². The molecule has 0 radical (unpaired) electrons. The van der Waals surface area contributed by atoms with Gasteiger partial charge in [0, 0.05) is 90.6 Å². The number of hydrogen-bond donors (Lipinski definition) is 4. The van der Waals surface area contributed by atoms with E-state index in [0.717, 1.165) is 55.7 Å². The molecule has 108 heavy (non-hydrogen) atoms. The number of ether oxygens (including phenoxy) is 10. The minimum absolute atomic E-state index is 0.000963. The van der Waals surface area contributed by atoms with Gasteiger partial charge in [0.15, 0.2) is 24.4 Å². The molecular formula is C81H112N7O20+. The van der Waals surface area contributed by atoms with Crippen molar-refractivity contribution >= 4 is 59.6 Å². The van der Waals surface area contributed by atoms with Gasteiger partial charge in [-0.1, -0.05) is 146 Å². The predicted octanol–water partition coefficient (Wildman–Crippen LogP) is 7.81. The zero-order valence-corrected chi connectivity index (χ0v) is 65.3. The van der Waals surface area contributed by atoms with Crippen molar-refractivity contribution in [1.82, 2.24) is 25.8 Å². The Balaban J connectivity index is 1.11. The number of hydrogen-bond acceptors (Lipinski definition) is 21. The molecule has 2 saturated heterocycles. The van der Waals surface area contributed by atoms with Crippen molar-refractivity contribution in [2.45, 2.75) is 199 Å². The van der Waals surface area contributed by atoms with Crippen LogP contribution in [0.2, 0.25) is 0 Å². The molecule has 5 N–H and O–H groups in total. The van der Waals surface area contributed by atoms with Crippen LogP contribution in [-0.4, -0.2) is 216 Å². The monoisotopic (exact) mass is 1500 g/mol. The summed E-state index contributed by atoms with van der Waals surface area (Å²) in [6.45, 7) is 20.6. The molecule has 2 aliphatic heterocycles. The van der Waals surface area contributed by atoms with Crippen LogP contribution >= 0.6 is 0 Å². The number of amides is 5. The van der Waals surface area contributed by atoms with E-state index in [1.54, 1.807) is 42.0 Å². The van der Waals surface area contributed by atoms with Crippen LogP contribution in [0.4, 0.5) is 4.79 Å². The number of carbonyl (C=O) groups excluding carboxylic acids is 10. The van der Waals surface area contributed by atoms with Gasteiger partial charge in [-0.25, -0.2) is 14.4 Å². The maximum atomic E-state index is 15.3. The molecule has 4 aromatic rings. The minimum atomic E-state index is -1.78. The third-order valence-electron chi connectivity index (χ3n) is 20.6. The molecule has 0 aromatic heterocycles. The van der Waals surface area contributed by atoms with Crippen LogP contribution < -0.4 is 26.4 Å². The summed E-state index contributed by atoms with van der Waals surface area (Å²) in [4.78, 5) is 141. The number of benzene rings is 4. The van der Waals surface area contributed by atoms with Crippen molar-refractivity contribution in [3.63, 3.8) is 0 Å². The van der Waals surface area contributed by atoms with Gasteiger partial charge in [0.1, 0.15) is 37.6 Å². The second-order valence-corrected chi connectivity index (χ2v) is 29.4. The van der Waals surface area contributed by atoms with E-state index < -0.39 is 145 Å². The average Bonchev–Trinajstić information content (AvgIpc) is 1.68. The molecule has 7 rings (SSSR count). The fraction of sp³-hybridized carbons (Fsp3) is 0.556. The van der Waals surface area contributed by atoms with E-state index >= 15 is 9.59 Å². The number of nitrogens with zero attached hydrogens (tertiary/aromatic N) is 3. The van der Waals surface area contributed by atoms with E-state index in [0.29, 0.717) is 36.9 Å². The number of alkyl carbamates (subject to hydrolysis) is 1. The number of esters is 5. The molecule has 4 aromatic carbocycles. The molecule has 0 spiro atoms. The second-order valence-electron chi connectivity index (χ2n) is 29.4. The van der Waals surface area contributed by atoms with Crippen LogP contribution in [0.3, 0.4) is 0 Å². The lowest BCUT2D eigenvalue weighted by Gasteiger charge is -2.43. The summed E-state index contributed by atoms with van der Waals surface area (Å²) in [6.07, 6.45) is -7.47. The predicted molar refractivity (Wildman–Crippen MR) is 400 cm³/mol. The molecule has 0 saturated carbocycles. The number of methoxy groups -OCH3 is 3. The Hall–Kier alpha value is -9.28. The molecule has 1 unspecified atom stereocenters. The number of quaternary nitrogens is 1. The van der Waals surface area contributed by atoms with Gasteiger partial charge in [0.05, 0.1) is 57.8 Å². The maximum absolute atomic E-state index is 15.3. The number of likely N-dealkylation sites (N-methyl/N-ethyl adjacent to an activating group) is 2. The number of nitrogens with two attached hydrogens (primary N) is 1.